The number of nitrogens with zero attached hydrogens (tertiary/aromatic N) is 4. The number of esters is 1. The second-order valence-electron chi connectivity index (χ2n) is 9.10. The minimum absolute atomic E-state index is 0.187. The Balaban J connectivity index is 1.64. The zero-order valence-corrected chi connectivity index (χ0v) is 21.5. The quantitative estimate of drug-likeness (QED) is 0.457. The van der Waals surface area contributed by atoms with Gasteiger partial charge >= 0.3 is 11.7 Å². The number of rotatable bonds is 7. The van der Waals surface area contributed by atoms with Crippen LogP contribution in [0.25, 0.3) is 0 Å². The van der Waals surface area contributed by atoms with Crippen LogP contribution in [0.15, 0.2) is 69.2 Å². The Morgan fingerprint density at radius 1 is 1.08 bits per heavy atom. The summed E-state index contributed by atoms with van der Waals surface area (Å²) in [5.74, 6) is -1.76. The van der Waals surface area contributed by atoms with Gasteiger partial charge in [0.2, 0.25) is 0 Å². The highest BCUT2D eigenvalue weighted by Gasteiger charge is 2.41. The van der Waals surface area contributed by atoms with E-state index >= 15 is 0 Å². The topological polar surface area (TPSA) is 85.9 Å². The van der Waals surface area contributed by atoms with Crippen LogP contribution < -0.4 is 11.2 Å². The molecular formula is C27H29ClN4O4. The number of carbonyl (C=O) groups excluding carboxylic acids is 1. The molecule has 0 fully saturated rings. The normalized spacial score (nSPS) is 17.0. The molecule has 1 aromatic heterocycles. The fourth-order valence-electron chi connectivity index (χ4n) is 4.64. The van der Waals surface area contributed by atoms with Gasteiger partial charge in [0.25, 0.3) is 5.56 Å². The van der Waals surface area contributed by atoms with E-state index in [0.717, 1.165) is 11.1 Å². The third-order valence-corrected chi connectivity index (χ3v) is 6.75. The molecule has 0 bridgehead atoms. The van der Waals surface area contributed by atoms with Crippen molar-refractivity contribution < 1.29 is 9.53 Å². The highest BCUT2D eigenvalue weighted by Crippen LogP contribution is 2.41. The molecule has 2 heterocycles. The average Bonchev–Trinajstić information content (AvgIpc) is 2.86. The summed E-state index contributed by atoms with van der Waals surface area (Å²) in [6.07, 6.45) is 0. The first-order chi connectivity index (χ1) is 17.2. The Labute approximate surface area is 214 Å². The number of likely N-dealkylation sites (N-methyl/N-ethyl adjacent to an activating group) is 1. The lowest BCUT2D eigenvalue weighted by molar-refractivity contribution is -0.146. The van der Waals surface area contributed by atoms with Crippen LogP contribution in [0.2, 0.25) is 5.02 Å². The largest absolute Gasteiger partial charge is 0.464 e. The van der Waals surface area contributed by atoms with Gasteiger partial charge in [-0.25, -0.2) is 9.79 Å². The summed E-state index contributed by atoms with van der Waals surface area (Å²) in [4.78, 5) is 45.9. The number of benzene rings is 2. The lowest BCUT2D eigenvalue weighted by Gasteiger charge is -2.31. The van der Waals surface area contributed by atoms with Crippen LogP contribution in [0.5, 0.6) is 0 Å². The maximum absolute atomic E-state index is 13.4. The number of fused-ring (bicyclic) bond motifs is 1. The highest BCUT2D eigenvalue weighted by molar-refractivity contribution is 6.30. The number of aromatic nitrogens is 2. The summed E-state index contributed by atoms with van der Waals surface area (Å²) in [7, 11) is 4.94. The van der Waals surface area contributed by atoms with Crippen molar-refractivity contribution in [1.82, 2.24) is 14.0 Å². The predicted octanol–water partition coefficient (Wildman–Crippen LogP) is 3.27. The third-order valence-electron chi connectivity index (χ3n) is 6.52. The molecule has 1 aliphatic heterocycles. The molecule has 0 saturated heterocycles. The second-order valence-corrected chi connectivity index (χ2v) is 9.53. The van der Waals surface area contributed by atoms with E-state index in [9.17, 15) is 14.4 Å². The molecule has 3 aromatic rings. The number of halogens is 1. The summed E-state index contributed by atoms with van der Waals surface area (Å²) < 4.78 is 8.08. The first-order valence-electron chi connectivity index (χ1n) is 11.7. The van der Waals surface area contributed by atoms with Crippen molar-refractivity contribution in [3.05, 3.63) is 97.1 Å². The second kappa shape index (κ2) is 10.6. The molecule has 0 aliphatic carbocycles. The Kier molecular flexibility index (Phi) is 7.56. The fourth-order valence-corrected chi connectivity index (χ4v) is 4.84. The van der Waals surface area contributed by atoms with E-state index in [0.29, 0.717) is 22.8 Å². The summed E-state index contributed by atoms with van der Waals surface area (Å²) in [5, 5.41) is 0.477. The van der Waals surface area contributed by atoms with Crippen LogP contribution in [-0.2, 0) is 30.2 Å². The Morgan fingerprint density at radius 2 is 1.81 bits per heavy atom. The summed E-state index contributed by atoms with van der Waals surface area (Å²) in [6, 6.07) is 17.1. The van der Waals surface area contributed by atoms with Crippen LogP contribution in [-0.4, -0.2) is 45.9 Å². The standard InChI is InChI=1S/C27H29ClN4O4/c1-17-21(26(34)36-14-13-30(2)16-18-9-6-5-7-10-18)22(19-11-8-12-20(28)15-19)23-24(29-17)31(3)27(35)32(4)25(23)33/h5-12,15,21-22H,13-14,16H2,1-4H3. The first-order valence-corrected chi connectivity index (χ1v) is 12.1. The Bertz CT molecular complexity index is 1430. The van der Waals surface area contributed by atoms with Gasteiger partial charge in [0.15, 0.2) is 0 Å². The average molecular weight is 509 g/mol. The van der Waals surface area contributed by atoms with Crippen LogP contribution in [0, 0.1) is 5.92 Å². The van der Waals surface area contributed by atoms with Crippen molar-refractivity contribution in [3.63, 3.8) is 0 Å². The van der Waals surface area contributed by atoms with Crippen molar-refractivity contribution in [3.8, 4) is 0 Å². The molecule has 2 atom stereocenters. The third kappa shape index (κ3) is 5.05. The van der Waals surface area contributed by atoms with Crippen LogP contribution in [0.1, 0.15) is 29.5 Å². The van der Waals surface area contributed by atoms with Gasteiger partial charge in [-0.2, -0.15) is 0 Å². The molecule has 2 aromatic carbocycles. The van der Waals surface area contributed by atoms with Gasteiger partial charge in [0, 0.05) is 43.8 Å². The summed E-state index contributed by atoms with van der Waals surface area (Å²) in [5.41, 5.74) is 1.61. The number of ether oxygens (including phenoxy) is 1. The van der Waals surface area contributed by atoms with Crippen LogP contribution in [0.3, 0.4) is 0 Å². The van der Waals surface area contributed by atoms with E-state index in [4.69, 9.17) is 16.3 Å². The van der Waals surface area contributed by atoms with Gasteiger partial charge < -0.3 is 4.74 Å². The molecule has 0 spiro atoms. The summed E-state index contributed by atoms with van der Waals surface area (Å²) >= 11 is 6.28. The van der Waals surface area contributed by atoms with Gasteiger partial charge in [0.1, 0.15) is 18.3 Å². The minimum atomic E-state index is -0.833. The molecule has 4 rings (SSSR count). The van der Waals surface area contributed by atoms with Crippen LogP contribution in [0.4, 0.5) is 5.82 Å². The van der Waals surface area contributed by atoms with Crippen LogP contribution >= 0.6 is 11.6 Å². The molecular weight excluding hydrogens is 480 g/mol. The monoisotopic (exact) mass is 508 g/mol. The van der Waals surface area contributed by atoms with Crippen molar-refractivity contribution in [2.24, 2.45) is 25.0 Å². The van der Waals surface area contributed by atoms with E-state index in [1.54, 1.807) is 32.2 Å². The molecule has 8 nitrogen and oxygen atoms in total. The fraction of sp³-hybridized carbons (Fsp3) is 0.333. The Hall–Kier alpha value is -3.49. The van der Waals surface area contributed by atoms with Gasteiger partial charge in [-0.15, -0.1) is 0 Å². The number of hydrogen-bond acceptors (Lipinski definition) is 6. The van der Waals surface area contributed by atoms with Gasteiger partial charge in [-0.3, -0.25) is 23.6 Å². The molecule has 0 N–H and O–H groups in total. The molecule has 0 radical (unpaired) electrons. The Morgan fingerprint density at radius 3 is 2.50 bits per heavy atom. The van der Waals surface area contributed by atoms with E-state index in [1.807, 2.05) is 43.4 Å². The predicted molar refractivity (Wildman–Crippen MR) is 140 cm³/mol. The molecule has 1 aliphatic rings. The molecule has 36 heavy (non-hydrogen) atoms. The molecule has 9 heteroatoms. The number of aliphatic imine (C=N–C) groups is 1. The number of hydrogen-bond donors (Lipinski definition) is 0. The van der Waals surface area contributed by atoms with Crippen molar-refractivity contribution in [2.75, 3.05) is 20.2 Å². The lowest BCUT2D eigenvalue weighted by atomic mass is 9.77. The van der Waals surface area contributed by atoms with Gasteiger partial charge in [0.05, 0.1) is 5.56 Å². The van der Waals surface area contributed by atoms with Gasteiger partial charge in [-0.1, -0.05) is 54.1 Å². The van der Waals surface area contributed by atoms with Gasteiger partial charge in [-0.05, 0) is 37.2 Å². The van der Waals surface area contributed by atoms with E-state index in [-0.39, 0.29) is 18.0 Å². The first kappa shape index (κ1) is 25.6. The summed E-state index contributed by atoms with van der Waals surface area (Å²) in [6.45, 7) is 3.17. The van der Waals surface area contributed by atoms with Crippen molar-refractivity contribution >= 4 is 29.1 Å². The van der Waals surface area contributed by atoms with E-state index in [2.05, 4.69) is 9.89 Å². The van der Waals surface area contributed by atoms with E-state index < -0.39 is 29.1 Å². The smallest absolute Gasteiger partial charge is 0.332 e. The highest BCUT2D eigenvalue weighted by atomic mass is 35.5. The molecule has 0 saturated carbocycles. The lowest BCUT2D eigenvalue weighted by Crippen LogP contribution is -2.44. The zero-order chi connectivity index (χ0) is 26.0. The maximum atomic E-state index is 13.4. The van der Waals surface area contributed by atoms with Crippen molar-refractivity contribution in [1.29, 1.82) is 0 Å². The maximum Gasteiger partial charge on any atom is 0.332 e. The molecule has 0 amide bonds. The minimum Gasteiger partial charge on any atom is -0.464 e. The SMILES string of the molecule is CC1=Nc2c(c(=O)n(C)c(=O)n2C)C(c2cccc(Cl)c2)C1C(=O)OCCN(C)Cc1ccccc1. The van der Waals surface area contributed by atoms with Crippen molar-refractivity contribution in [2.45, 2.75) is 19.4 Å². The molecule has 2 unspecified atom stereocenters. The molecule has 188 valence electrons. The zero-order valence-electron chi connectivity index (χ0n) is 20.8. The number of carbonyl (C=O) groups is 1. The van der Waals surface area contributed by atoms with E-state index in [1.165, 1.54) is 17.2 Å².